The minimum Gasteiger partial charge on any atom is -0.462 e. The Balaban J connectivity index is 2.65. The summed E-state index contributed by atoms with van der Waals surface area (Å²) in [4.78, 5) is 23.4. The van der Waals surface area contributed by atoms with Gasteiger partial charge >= 0.3 is 5.97 Å². The van der Waals surface area contributed by atoms with Crippen LogP contribution in [0.5, 0.6) is 0 Å². The van der Waals surface area contributed by atoms with Crippen LogP contribution in [0.15, 0.2) is 18.2 Å². The maximum atomic E-state index is 11.9. The zero-order valence-corrected chi connectivity index (χ0v) is 12.6. The Morgan fingerprint density at radius 3 is 2.67 bits per heavy atom. The molecule has 0 radical (unpaired) electrons. The van der Waals surface area contributed by atoms with E-state index in [9.17, 15) is 9.59 Å². The molecule has 0 bridgehead atoms. The average molecular weight is 293 g/mol. The van der Waals surface area contributed by atoms with Crippen LogP contribution in [0.3, 0.4) is 0 Å². The molecule has 0 heterocycles. The second-order valence-corrected chi connectivity index (χ2v) is 4.52. The van der Waals surface area contributed by atoms with E-state index in [-0.39, 0.29) is 5.91 Å². The number of nitrogens with one attached hydrogen (secondary N) is 2. The lowest BCUT2D eigenvalue weighted by Crippen LogP contribution is -2.26. The van der Waals surface area contributed by atoms with Gasteiger partial charge in [0.05, 0.1) is 23.5 Å². The predicted molar refractivity (Wildman–Crippen MR) is 83.2 cm³/mol. The summed E-state index contributed by atoms with van der Waals surface area (Å²) in [6.07, 6.45) is 1.22. The Kier molecular flexibility index (Phi) is 7.08. The molecule has 6 nitrogen and oxygen atoms in total. The molecule has 0 spiro atoms. The highest BCUT2D eigenvalue weighted by Crippen LogP contribution is 2.24. The summed E-state index contributed by atoms with van der Waals surface area (Å²) in [5.74, 6) is -0.459. The zero-order chi connectivity index (χ0) is 15.7. The van der Waals surface area contributed by atoms with Gasteiger partial charge in [-0.15, -0.1) is 0 Å². The first-order valence-electron chi connectivity index (χ1n) is 7.16. The first kappa shape index (κ1) is 16.8. The molecule has 0 saturated carbocycles. The summed E-state index contributed by atoms with van der Waals surface area (Å²) in [6, 6.07) is 5.04. The Hall–Kier alpha value is -2.24. The van der Waals surface area contributed by atoms with Crippen molar-refractivity contribution in [2.45, 2.75) is 26.7 Å². The fourth-order valence-electron chi connectivity index (χ4n) is 1.80. The van der Waals surface area contributed by atoms with Gasteiger partial charge in [0, 0.05) is 19.5 Å². The Morgan fingerprint density at radius 1 is 1.24 bits per heavy atom. The molecule has 6 heteroatoms. The summed E-state index contributed by atoms with van der Waals surface area (Å²) in [5.41, 5.74) is 7.23. The van der Waals surface area contributed by atoms with Gasteiger partial charge in [-0.25, -0.2) is 4.79 Å². The molecule has 4 N–H and O–H groups in total. The standard InChI is InChI=1S/C15H23N3O3/c1-3-9-17-13(19)8-10-18-14-11(15(20)21-4-2)6-5-7-12(14)16/h5-7,18H,3-4,8-10,16H2,1-2H3,(H,17,19). The van der Waals surface area contributed by atoms with Crippen molar-refractivity contribution in [1.82, 2.24) is 5.32 Å². The molecule has 0 saturated heterocycles. The fraction of sp³-hybridized carbons (Fsp3) is 0.467. The van der Waals surface area contributed by atoms with E-state index in [1.807, 2.05) is 6.92 Å². The monoisotopic (exact) mass is 293 g/mol. The largest absolute Gasteiger partial charge is 0.462 e. The molecule has 1 amide bonds. The van der Waals surface area contributed by atoms with Crippen molar-refractivity contribution in [1.29, 1.82) is 0 Å². The number of rotatable bonds is 8. The van der Waals surface area contributed by atoms with E-state index in [2.05, 4.69) is 10.6 Å². The first-order chi connectivity index (χ1) is 10.1. The minimum atomic E-state index is -0.428. The van der Waals surface area contributed by atoms with E-state index < -0.39 is 5.97 Å². The van der Waals surface area contributed by atoms with Crippen molar-refractivity contribution < 1.29 is 14.3 Å². The van der Waals surface area contributed by atoms with E-state index in [4.69, 9.17) is 10.5 Å². The molecular formula is C15H23N3O3. The van der Waals surface area contributed by atoms with Crippen molar-refractivity contribution in [3.8, 4) is 0 Å². The average Bonchev–Trinajstić information content (AvgIpc) is 2.46. The van der Waals surface area contributed by atoms with Gasteiger partial charge in [-0.05, 0) is 25.5 Å². The highest BCUT2D eigenvalue weighted by molar-refractivity contribution is 5.98. The zero-order valence-electron chi connectivity index (χ0n) is 12.6. The number of amides is 1. The number of nitrogens with two attached hydrogens (primary N) is 1. The lowest BCUT2D eigenvalue weighted by Gasteiger charge is -2.13. The van der Waals surface area contributed by atoms with Gasteiger partial charge in [-0.2, -0.15) is 0 Å². The van der Waals surface area contributed by atoms with E-state index >= 15 is 0 Å². The lowest BCUT2D eigenvalue weighted by atomic mass is 10.1. The fourth-order valence-corrected chi connectivity index (χ4v) is 1.80. The number of hydrogen-bond donors (Lipinski definition) is 3. The third-order valence-corrected chi connectivity index (χ3v) is 2.82. The van der Waals surface area contributed by atoms with Crippen LogP contribution in [0.4, 0.5) is 11.4 Å². The van der Waals surface area contributed by atoms with Crippen LogP contribution in [-0.4, -0.2) is 31.6 Å². The Bertz CT molecular complexity index is 489. The number of anilines is 2. The van der Waals surface area contributed by atoms with Crippen molar-refractivity contribution in [2.24, 2.45) is 0 Å². The van der Waals surface area contributed by atoms with Crippen LogP contribution in [0, 0.1) is 0 Å². The predicted octanol–water partition coefficient (Wildman–Crippen LogP) is 1.77. The number of carbonyl (C=O) groups excluding carboxylic acids is 2. The van der Waals surface area contributed by atoms with Gasteiger partial charge < -0.3 is 21.1 Å². The minimum absolute atomic E-state index is 0.0310. The normalized spacial score (nSPS) is 10.0. The maximum Gasteiger partial charge on any atom is 0.340 e. The second kappa shape index (κ2) is 8.84. The molecule has 21 heavy (non-hydrogen) atoms. The summed E-state index contributed by atoms with van der Waals surface area (Å²) in [6.45, 7) is 5.10. The molecule has 0 aliphatic carbocycles. The lowest BCUT2D eigenvalue weighted by molar-refractivity contribution is -0.120. The summed E-state index contributed by atoms with van der Waals surface area (Å²) < 4.78 is 4.99. The number of nitrogen functional groups attached to an aromatic ring is 1. The van der Waals surface area contributed by atoms with Gasteiger partial charge in [0.1, 0.15) is 0 Å². The number of carbonyl (C=O) groups is 2. The smallest absolute Gasteiger partial charge is 0.340 e. The highest BCUT2D eigenvalue weighted by atomic mass is 16.5. The van der Waals surface area contributed by atoms with Crippen LogP contribution < -0.4 is 16.4 Å². The molecular weight excluding hydrogens is 270 g/mol. The molecule has 0 atom stereocenters. The van der Waals surface area contributed by atoms with Crippen molar-refractivity contribution in [3.05, 3.63) is 23.8 Å². The Labute approximate surface area is 125 Å². The highest BCUT2D eigenvalue weighted by Gasteiger charge is 2.14. The van der Waals surface area contributed by atoms with Crippen molar-refractivity contribution in [2.75, 3.05) is 30.7 Å². The molecule has 0 fully saturated rings. The van der Waals surface area contributed by atoms with Gasteiger partial charge in [-0.3, -0.25) is 4.79 Å². The van der Waals surface area contributed by atoms with E-state index in [1.54, 1.807) is 25.1 Å². The van der Waals surface area contributed by atoms with Crippen LogP contribution in [0.1, 0.15) is 37.0 Å². The van der Waals surface area contributed by atoms with Gasteiger partial charge in [0.15, 0.2) is 0 Å². The van der Waals surface area contributed by atoms with Crippen LogP contribution in [-0.2, 0) is 9.53 Å². The quantitative estimate of drug-likeness (QED) is 0.502. The molecule has 1 aromatic carbocycles. The molecule has 0 unspecified atom stereocenters. The van der Waals surface area contributed by atoms with E-state index in [0.717, 1.165) is 6.42 Å². The second-order valence-electron chi connectivity index (χ2n) is 4.52. The summed E-state index contributed by atoms with van der Waals surface area (Å²) in [7, 11) is 0. The number of ether oxygens (including phenoxy) is 1. The first-order valence-corrected chi connectivity index (χ1v) is 7.16. The van der Waals surface area contributed by atoms with Gasteiger partial charge in [0.2, 0.25) is 5.91 Å². The van der Waals surface area contributed by atoms with Crippen molar-refractivity contribution in [3.63, 3.8) is 0 Å². The van der Waals surface area contributed by atoms with Crippen molar-refractivity contribution >= 4 is 23.3 Å². The molecule has 116 valence electrons. The maximum absolute atomic E-state index is 11.9. The third-order valence-electron chi connectivity index (χ3n) is 2.82. The van der Waals surface area contributed by atoms with Gasteiger partial charge in [0.25, 0.3) is 0 Å². The number of para-hydroxylation sites is 1. The number of esters is 1. The summed E-state index contributed by atoms with van der Waals surface area (Å²) in [5, 5.41) is 5.83. The van der Waals surface area contributed by atoms with Crippen LogP contribution in [0.25, 0.3) is 0 Å². The molecule has 1 aromatic rings. The topological polar surface area (TPSA) is 93.5 Å². The molecule has 0 aromatic heterocycles. The van der Waals surface area contributed by atoms with Crippen LogP contribution >= 0.6 is 0 Å². The van der Waals surface area contributed by atoms with Crippen LogP contribution in [0.2, 0.25) is 0 Å². The SMILES string of the molecule is CCCNC(=O)CCNc1c(N)cccc1C(=O)OCC. The third kappa shape index (κ3) is 5.33. The van der Waals surface area contributed by atoms with E-state index in [0.29, 0.717) is 43.1 Å². The number of benzene rings is 1. The van der Waals surface area contributed by atoms with Gasteiger partial charge in [-0.1, -0.05) is 13.0 Å². The van der Waals surface area contributed by atoms with E-state index in [1.165, 1.54) is 0 Å². The molecule has 1 rings (SSSR count). The Morgan fingerprint density at radius 2 is 2.00 bits per heavy atom. The summed E-state index contributed by atoms with van der Waals surface area (Å²) >= 11 is 0. The molecule has 0 aliphatic heterocycles. The number of hydrogen-bond acceptors (Lipinski definition) is 5. The molecule has 0 aliphatic rings.